The van der Waals surface area contributed by atoms with Crippen molar-refractivity contribution in [2.45, 2.75) is 13.5 Å². The second-order valence-electron chi connectivity index (χ2n) is 5.45. The van der Waals surface area contributed by atoms with Gasteiger partial charge >= 0.3 is 0 Å². The molecule has 0 saturated heterocycles. The maximum Gasteiger partial charge on any atom is 0.141 e. The molecule has 0 fully saturated rings. The SMILES string of the molecule is Cc1n[nH]c2ccnc(Nc3ccc(CN(C)C)cc3)c12. The molecular formula is C16H19N5. The van der Waals surface area contributed by atoms with Crippen molar-refractivity contribution in [3.63, 3.8) is 0 Å². The van der Waals surface area contributed by atoms with Gasteiger partial charge in [-0.25, -0.2) is 4.98 Å². The van der Waals surface area contributed by atoms with E-state index in [0.29, 0.717) is 0 Å². The van der Waals surface area contributed by atoms with Gasteiger partial charge in [-0.15, -0.1) is 0 Å². The van der Waals surface area contributed by atoms with Gasteiger partial charge in [0.1, 0.15) is 5.82 Å². The van der Waals surface area contributed by atoms with Gasteiger partial charge in [0.2, 0.25) is 0 Å². The predicted octanol–water partition coefficient (Wildman–Crippen LogP) is 3.07. The Kier molecular flexibility index (Phi) is 3.58. The normalized spacial score (nSPS) is 11.2. The van der Waals surface area contributed by atoms with Crippen LogP contribution in [0.25, 0.3) is 10.9 Å². The molecule has 5 nitrogen and oxygen atoms in total. The second-order valence-corrected chi connectivity index (χ2v) is 5.45. The molecule has 108 valence electrons. The van der Waals surface area contributed by atoms with E-state index >= 15 is 0 Å². The van der Waals surface area contributed by atoms with Crippen molar-refractivity contribution in [3.8, 4) is 0 Å². The highest BCUT2D eigenvalue weighted by Crippen LogP contribution is 2.25. The van der Waals surface area contributed by atoms with Crippen LogP contribution in [0.1, 0.15) is 11.3 Å². The van der Waals surface area contributed by atoms with E-state index < -0.39 is 0 Å². The van der Waals surface area contributed by atoms with Gasteiger partial charge in [0, 0.05) is 18.4 Å². The molecule has 2 N–H and O–H groups in total. The molecule has 5 heteroatoms. The lowest BCUT2D eigenvalue weighted by molar-refractivity contribution is 0.402. The van der Waals surface area contributed by atoms with Crippen LogP contribution in [-0.4, -0.2) is 34.2 Å². The molecule has 0 atom stereocenters. The Bertz CT molecular complexity index is 743. The number of aromatic amines is 1. The summed E-state index contributed by atoms with van der Waals surface area (Å²) in [5, 5.41) is 11.7. The molecule has 3 aromatic rings. The van der Waals surface area contributed by atoms with E-state index in [9.17, 15) is 0 Å². The minimum atomic E-state index is 0.833. The Labute approximate surface area is 124 Å². The zero-order valence-electron chi connectivity index (χ0n) is 12.5. The minimum absolute atomic E-state index is 0.833. The zero-order valence-corrected chi connectivity index (χ0v) is 12.5. The van der Waals surface area contributed by atoms with E-state index in [1.165, 1.54) is 5.56 Å². The molecule has 0 aliphatic carbocycles. The molecule has 21 heavy (non-hydrogen) atoms. The third-order valence-electron chi connectivity index (χ3n) is 3.37. The number of H-pyrrole nitrogens is 1. The molecule has 0 amide bonds. The standard InChI is InChI=1S/C16H19N5/c1-11-15-14(20-19-11)8-9-17-16(15)18-13-6-4-12(5-7-13)10-21(2)3/h4-9H,10H2,1-3H3,(H,17,18)(H,19,20). The Morgan fingerprint density at radius 1 is 1.14 bits per heavy atom. The Balaban J connectivity index is 1.87. The number of nitrogens with one attached hydrogen (secondary N) is 2. The number of anilines is 2. The van der Waals surface area contributed by atoms with Crippen LogP contribution in [0.5, 0.6) is 0 Å². The van der Waals surface area contributed by atoms with Gasteiger partial charge in [-0.05, 0) is 44.8 Å². The molecule has 0 radical (unpaired) electrons. The summed E-state index contributed by atoms with van der Waals surface area (Å²) in [6.07, 6.45) is 1.78. The van der Waals surface area contributed by atoms with Gasteiger partial charge in [0.15, 0.2) is 0 Å². The van der Waals surface area contributed by atoms with Gasteiger partial charge < -0.3 is 10.2 Å². The maximum atomic E-state index is 4.43. The molecule has 0 saturated carbocycles. The zero-order chi connectivity index (χ0) is 14.8. The monoisotopic (exact) mass is 281 g/mol. The second kappa shape index (κ2) is 5.54. The molecule has 2 aromatic heterocycles. The fourth-order valence-electron chi connectivity index (χ4n) is 2.41. The molecule has 2 heterocycles. The third-order valence-corrected chi connectivity index (χ3v) is 3.37. The van der Waals surface area contributed by atoms with Crippen LogP contribution >= 0.6 is 0 Å². The van der Waals surface area contributed by atoms with Crippen molar-refractivity contribution >= 4 is 22.4 Å². The Hall–Kier alpha value is -2.40. The van der Waals surface area contributed by atoms with Gasteiger partial charge in [-0.3, -0.25) is 5.10 Å². The predicted molar refractivity (Wildman–Crippen MR) is 85.7 cm³/mol. The fraction of sp³-hybridized carbons (Fsp3) is 0.250. The van der Waals surface area contributed by atoms with Crippen molar-refractivity contribution in [1.82, 2.24) is 20.1 Å². The molecule has 0 unspecified atom stereocenters. The summed E-state index contributed by atoms with van der Waals surface area (Å²) in [5.74, 6) is 0.833. The number of rotatable bonds is 4. The number of aryl methyl sites for hydroxylation is 1. The van der Waals surface area contributed by atoms with Crippen molar-refractivity contribution < 1.29 is 0 Å². The van der Waals surface area contributed by atoms with Crippen molar-refractivity contribution in [1.29, 1.82) is 0 Å². The van der Waals surface area contributed by atoms with Crippen LogP contribution in [0.15, 0.2) is 36.5 Å². The molecule has 0 aliphatic rings. The number of pyridine rings is 1. The number of fused-ring (bicyclic) bond motifs is 1. The lowest BCUT2D eigenvalue weighted by atomic mass is 10.2. The van der Waals surface area contributed by atoms with E-state index in [0.717, 1.165) is 34.6 Å². The van der Waals surface area contributed by atoms with Crippen LogP contribution in [0, 0.1) is 6.92 Å². The van der Waals surface area contributed by atoms with Crippen LogP contribution in [0.4, 0.5) is 11.5 Å². The largest absolute Gasteiger partial charge is 0.340 e. The summed E-state index contributed by atoms with van der Waals surface area (Å²) in [5.41, 5.74) is 4.26. The number of aromatic nitrogens is 3. The molecule has 0 spiro atoms. The van der Waals surface area contributed by atoms with Crippen molar-refractivity contribution in [2.75, 3.05) is 19.4 Å². The lowest BCUT2D eigenvalue weighted by Crippen LogP contribution is -2.10. The van der Waals surface area contributed by atoms with Gasteiger partial charge in [-0.2, -0.15) is 5.10 Å². The summed E-state index contributed by atoms with van der Waals surface area (Å²) in [4.78, 5) is 6.58. The smallest absolute Gasteiger partial charge is 0.141 e. The van der Waals surface area contributed by atoms with Gasteiger partial charge in [0.25, 0.3) is 0 Å². The van der Waals surface area contributed by atoms with Crippen molar-refractivity contribution in [2.24, 2.45) is 0 Å². The van der Waals surface area contributed by atoms with Gasteiger partial charge in [0.05, 0.1) is 16.6 Å². The summed E-state index contributed by atoms with van der Waals surface area (Å²) < 4.78 is 0. The quantitative estimate of drug-likeness (QED) is 0.771. The van der Waals surface area contributed by atoms with E-state index in [2.05, 4.69) is 63.8 Å². The number of hydrogen-bond donors (Lipinski definition) is 2. The first-order valence-electron chi connectivity index (χ1n) is 6.94. The minimum Gasteiger partial charge on any atom is -0.340 e. The molecule has 0 bridgehead atoms. The van der Waals surface area contributed by atoms with E-state index in [-0.39, 0.29) is 0 Å². The average molecular weight is 281 g/mol. The first-order valence-corrected chi connectivity index (χ1v) is 6.94. The maximum absolute atomic E-state index is 4.43. The van der Waals surface area contributed by atoms with E-state index in [1.54, 1.807) is 6.20 Å². The Morgan fingerprint density at radius 2 is 1.90 bits per heavy atom. The number of benzene rings is 1. The van der Waals surface area contributed by atoms with Crippen molar-refractivity contribution in [3.05, 3.63) is 47.8 Å². The van der Waals surface area contributed by atoms with E-state index in [1.807, 2.05) is 13.0 Å². The topological polar surface area (TPSA) is 56.8 Å². The molecule has 1 aromatic carbocycles. The molecular weight excluding hydrogens is 262 g/mol. The number of nitrogens with zero attached hydrogens (tertiary/aromatic N) is 3. The summed E-state index contributed by atoms with van der Waals surface area (Å²) in [6.45, 7) is 2.92. The van der Waals surface area contributed by atoms with Crippen LogP contribution in [0.2, 0.25) is 0 Å². The van der Waals surface area contributed by atoms with Crippen LogP contribution in [0.3, 0.4) is 0 Å². The molecule has 3 rings (SSSR count). The summed E-state index contributed by atoms with van der Waals surface area (Å²) in [7, 11) is 4.14. The molecule has 0 aliphatic heterocycles. The van der Waals surface area contributed by atoms with Gasteiger partial charge in [-0.1, -0.05) is 12.1 Å². The first-order chi connectivity index (χ1) is 10.1. The van der Waals surface area contributed by atoms with Crippen LogP contribution in [-0.2, 0) is 6.54 Å². The average Bonchev–Trinajstić information content (AvgIpc) is 2.83. The highest BCUT2D eigenvalue weighted by atomic mass is 15.1. The summed E-state index contributed by atoms with van der Waals surface area (Å²) >= 11 is 0. The highest BCUT2D eigenvalue weighted by Gasteiger charge is 2.08. The lowest BCUT2D eigenvalue weighted by Gasteiger charge is -2.11. The highest BCUT2D eigenvalue weighted by molar-refractivity contribution is 5.92. The Morgan fingerprint density at radius 3 is 2.62 bits per heavy atom. The van der Waals surface area contributed by atoms with E-state index in [4.69, 9.17) is 0 Å². The van der Waals surface area contributed by atoms with Crippen LogP contribution < -0.4 is 5.32 Å². The third kappa shape index (κ3) is 2.87. The summed E-state index contributed by atoms with van der Waals surface area (Å²) in [6, 6.07) is 10.3. The number of hydrogen-bond acceptors (Lipinski definition) is 4. The fourth-order valence-corrected chi connectivity index (χ4v) is 2.41. The first kappa shape index (κ1) is 13.6.